The van der Waals surface area contributed by atoms with Crippen LogP contribution in [0, 0.1) is 0 Å². The van der Waals surface area contributed by atoms with Crippen LogP contribution in [-0.4, -0.2) is 50.4 Å². The van der Waals surface area contributed by atoms with Crippen LogP contribution in [0.15, 0.2) is 17.8 Å². The molecule has 3 rings (SSSR count). The highest BCUT2D eigenvalue weighted by Gasteiger charge is 2.35. The Kier molecular flexibility index (Phi) is 3.98. The normalized spacial score (nSPS) is 17.2. The van der Waals surface area contributed by atoms with Crippen LogP contribution in [0.25, 0.3) is 6.08 Å². The summed E-state index contributed by atoms with van der Waals surface area (Å²) in [5, 5.41) is 2.41. The number of amides is 3. The largest absolute Gasteiger partial charge is 0.496 e. The van der Waals surface area contributed by atoms with E-state index in [0.717, 1.165) is 4.90 Å². The first-order valence-corrected chi connectivity index (χ1v) is 6.92. The monoisotopic (exact) mass is 334 g/mol. The van der Waals surface area contributed by atoms with Crippen molar-refractivity contribution < 1.29 is 33.3 Å². The van der Waals surface area contributed by atoms with Gasteiger partial charge in [0.1, 0.15) is 18.0 Å². The molecule has 1 fully saturated rings. The first-order valence-electron chi connectivity index (χ1n) is 6.92. The van der Waals surface area contributed by atoms with Crippen molar-refractivity contribution in [3.63, 3.8) is 0 Å². The Balaban J connectivity index is 1.91. The van der Waals surface area contributed by atoms with E-state index in [9.17, 15) is 14.4 Å². The summed E-state index contributed by atoms with van der Waals surface area (Å²) in [6.07, 6.45) is 1.44. The van der Waals surface area contributed by atoms with Crippen LogP contribution in [0.3, 0.4) is 0 Å². The first-order chi connectivity index (χ1) is 11.5. The predicted octanol–water partition coefficient (Wildman–Crippen LogP) is 0.490. The Morgan fingerprint density at radius 3 is 2.67 bits per heavy atom. The van der Waals surface area contributed by atoms with E-state index in [2.05, 4.69) is 10.1 Å². The zero-order valence-electron chi connectivity index (χ0n) is 13.0. The number of carbonyl (C=O) groups is 3. The molecule has 0 bridgehead atoms. The summed E-state index contributed by atoms with van der Waals surface area (Å²) in [5.74, 6) is 0.152. The molecule has 9 heteroatoms. The highest BCUT2D eigenvalue weighted by atomic mass is 16.7. The fourth-order valence-corrected chi connectivity index (χ4v) is 2.29. The maximum absolute atomic E-state index is 12.3. The molecular weight excluding hydrogens is 320 g/mol. The Morgan fingerprint density at radius 2 is 2.00 bits per heavy atom. The maximum Gasteiger partial charge on any atom is 0.329 e. The van der Waals surface area contributed by atoms with Crippen molar-refractivity contribution in [1.82, 2.24) is 10.2 Å². The number of carbonyl (C=O) groups excluding carboxylic acids is 3. The number of hydrogen-bond acceptors (Lipinski definition) is 7. The van der Waals surface area contributed by atoms with Crippen LogP contribution in [0.5, 0.6) is 17.2 Å². The lowest BCUT2D eigenvalue weighted by atomic mass is 10.1. The van der Waals surface area contributed by atoms with Crippen LogP contribution >= 0.6 is 0 Å². The molecule has 2 aliphatic heterocycles. The second-order valence-corrected chi connectivity index (χ2v) is 4.90. The molecule has 1 aromatic carbocycles. The number of ether oxygens (including phenoxy) is 4. The van der Waals surface area contributed by atoms with Gasteiger partial charge in [0.25, 0.3) is 5.91 Å². The molecule has 24 heavy (non-hydrogen) atoms. The summed E-state index contributed by atoms with van der Waals surface area (Å²) in [6.45, 7) is -0.363. The molecule has 2 aliphatic rings. The second kappa shape index (κ2) is 6.11. The van der Waals surface area contributed by atoms with E-state index in [1.807, 2.05) is 0 Å². The average Bonchev–Trinajstić information content (AvgIpc) is 3.13. The molecule has 1 aromatic rings. The van der Waals surface area contributed by atoms with E-state index in [-0.39, 0.29) is 12.5 Å². The second-order valence-electron chi connectivity index (χ2n) is 4.90. The third-order valence-electron chi connectivity index (χ3n) is 3.50. The van der Waals surface area contributed by atoms with Crippen molar-refractivity contribution in [2.24, 2.45) is 0 Å². The lowest BCUT2D eigenvalue weighted by molar-refractivity contribution is -0.143. The van der Waals surface area contributed by atoms with Crippen LogP contribution in [0.4, 0.5) is 4.79 Å². The van der Waals surface area contributed by atoms with Gasteiger partial charge in [-0.3, -0.25) is 9.59 Å². The lowest BCUT2D eigenvalue weighted by Gasteiger charge is -2.09. The minimum atomic E-state index is -0.698. The summed E-state index contributed by atoms with van der Waals surface area (Å²) < 4.78 is 20.3. The minimum Gasteiger partial charge on any atom is -0.496 e. The molecule has 0 atom stereocenters. The molecule has 0 radical (unpaired) electrons. The minimum absolute atomic E-state index is 0.0149. The Morgan fingerprint density at radius 1 is 1.29 bits per heavy atom. The fourth-order valence-electron chi connectivity index (χ4n) is 2.29. The van der Waals surface area contributed by atoms with Crippen LogP contribution in [0.2, 0.25) is 0 Å². The Bertz CT molecular complexity index is 756. The average molecular weight is 334 g/mol. The van der Waals surface area contributed by atoms with E-state index in [0.29, 0.717) is 22.8 Å². The number of nitrogens with one attached hydrogen (secondary N) is 1. The molecule has 9 nitrogen and oxygen atoms in total. The van der Waals surface area contributed by atoms with Gasteiger partial charge in [-0.2, -0.15) is 0 Å². The van der Waals surface area contributed by atoms with Crippen LogP contribution < -0.4 is 19.5 Å². The summed E-state index contributed by atoms with van der Waals surface area (Å²) in [4.78, 5) is 36.2. The van der Waals surface area contributed by atoms with E-state index in [1.165, 1.54) is 20.3 Å². The third kappa shape index (κ3) is 2.71. The summed E-state index contributed by atoms with van der Waals surface area (Å²) in [7, 11) is 2.65. The molecule has 0 spiro atoms. The SMILES string of the molecule is COC(=O)CN1C(=O)N/C(=C/c2cc3c(cc2OC)OCO3)C1=O. The van der Waals surface area contributed by atoms with Crippen LogP contribution in [0.1, 0.15) is 5.56 Å². The number of methoxy groups -OCH3 is 2. The summed E-state index contributed by atoms with van der Waals surface area (Å²) in [5.41, 5.74) is 0.534. The molecular formula is C15H14N2O7. The topological polar surface area (TPSA) is 103 Å². The van der Waals surface area contributed by atoms with Gasteiger partial charge in [0, 0.05) is 11.6 Å². The van der Waals surface area contributed by atoms with Crippen LogP contribution in [-0.2, 0) is 14.3 Å². The van der Waals surface area contributed by atoms with E-state index in [4.69, 9.17) is 14.2 Å². The number of hydrogen-bond donors (Lipinski definition) is 1. The Hall–Kier alpha value is -3.23. The number of imide groups is 1. The van der Waals surface area contributed by atoms with Crippen molar-refractivity contribution in [2.45, 2.75) is 0 Å². The molecule has 0 aliphatic carbocycles. The molecule has 0 saturated carbocycles. The first kappa shape index (κ1) is 15.7. The molecule has 3 amide bonds. The van der Waals surface area contributed by atoms with Crippen molar-refractivity contribution in [1.29, 1.82) is 0 Å². The van der Waals surface area contributed by atoms with Gasteiger partial charge in [0.15, 0.2) is 11.5 Å². The molecule has 1 saturated heterocycles. The van der Waals surface area contributed by atoms with Gasteiger partial charge < -0.3 is 24.3 Å². The third-order valence-corrected chi connectivity index (χ3v) is 3.50. The van der Waals surface area contributed by atoms with Gasteiger partial charge in [-0.25, -0.2) is 9.69 Å². The van der Waals surface area contributed by atoms with Crippen molar-refractivity contribution in [3.8, 4) is 17.2 Å². The van der Waals surface area contributed by atoms with E-state index < -0.39 is 24.5 Å². The van der Waals surface area contributed by atoms with Crippen molar-refractivity contribution in [2.75, 3.05) is 27.6 Å². The summed E-state index contributed by atoms with van der Waals surface area (Å²) in [6, 6.07) is 2.56. The molecule has 0 aromatic heterocycles. The zero-order chi connectivity index (χ0) is 17.3. The zero-order valence-corrected chi connectivity index (χ0v) is 13.0. The number of nitrogens with zero attached hydrogens (tertiary/aromatic N) is 1. The number of benzene rings is 1. The molecule has 0 unspecified atom stereocenters. The number of urea groups is 1. The standard InChI is InChI=1S/C15H14N2O7/c1-21-10-5-12-11(23-7-24-12)4-8(10)3-9-14(19)17(15(20)16-9)6-13(18)22-2/h3-5H,6-7H2,1-2H3,(H,16,20)/b9-3+. The summed E-state index contributed by atoms with van der Waals surface area (Å²) >= 11 is 0. The van der Waals surface area contributed by atoms with Gasteiger partial charge in [-0.05, 0) is 12.1 Å². The maximum atomic E-state index is 12.3. The smallest absolute Gasteiger partial charge is 0.329 e. The molecule has 1 N–H and O–H groups in total. The molecule has 126 valence electrons. The fraction of sp³-hybridized carbons (Fsp3) is 0.267. The van der Waals surface area contributed by atoms with Crippen molar-refractivity contribution in [3.05, 3.63) is 23.4 Å². The van der Waals surface area contributed by atoms with Gasteiger partial charge in [-0.1, -0.05) is 0 Å². The predicted molar refractivity (Wildman–Crippen MR) is 79.4 cm³/mol. The number of fused-ring (bicyclic) bond motifs is 1. The number of esters is 1. The van der Waals surface area contributed by atoms with E-state index >= 15 is 0 Å². The number of rotatable bonds is 4. The van der Waals surface area contributed by atoms with Gasteiger partial charge in [0.05, 0.1) is 14.2 Å². The molecule has 2 heterocycles. The Labute approximate surface area is 136 Å². The van der Waals surface area contributed by atoms with Crippen molar-refractivity contribution >= 4 is 24.0 Å². The lowest BCUT2D eigenvalue weighted by Crippen LogP contribution is -2.36. The van der Waals surface area contributed by atoms with Gasteiger partial charge >= 0.3 is 12.0 Å². The quantitative estimate of drug-likeness (QED) is 0.485. The van der Waals surface area contributed by atoms with E-state index in [1.54, 1.807) is 12.1 Å². The highest BCUT2D eigenvalue weighted by Crippen LogP contribution is 2.39. The van der Waals surface area contributed by atoms with Gasteiger partial charge in [-0.15, -0.1) is 0 Å². The van der Waals surface area contributed by atoms with Gasteiger partial charge in [0.2, 0.25) is 6.79 Å². The highest BCUT2D eigenvalue weighted by molar-refractivity contribution is 6.15.